The lowest BCUT2D eigenvalue weighted by Gasteiger charge is -2.44. The Morgan fingerprint density at radius 1 is 1.10 bits per heavy atom. The first-order valence-corrected chi connectivity index (χ1v) is 10.1. The molecule has 0 unspecified atom stereocenters. The number of benzene rings is 2. The molecule has 3 aliphatic rings. The first-order chi connectivity index (χ1) is 14.1. The summed E-state index contributed by atoms with van der Waals surface area (Å²) in [5.74, 6) is -0.237. The van der Waals surface area contributed by atoms with Gasteiger partial charge in [0, 0.05) is 18.7 Å². The van der Waals surface area contributed by atoms with Gasteiger partial charge in [-0.1, -0.05) is 30.3 Å². The van der Waals surface area contributed by atoms with Crippen LogP contribution in [-0.4, -0.2) is 36.7 Å². The lowest BCUT2D eigenvalue weighted by molar-refractivity contribution is -0.0956. The number of cyclic esters (lactones) is 1. The highest BCUT2D eigenvalue weighted by Gasteiger charge is 2.43. The largest absolute Gasteiger partial charge is 0.457 e. The Balaban J connectivity index is 1.28. The summed E-state index contributed by atoms with van der Waals surface area (Å²) in [4.78, 5) is 26.1. The first-order valence-electron chi connectivity index (χ1n) is 10.1. The van der Waals surface area contributed by atoms with Gasteiger partial charge in [0.25, 0.3) is 0 Å². The van der Waals surface area contributed by atoms with Crippen LogP contribution in [-0.2, 0) is 39.4 Å². The van der Waals surface area contributed by atoms with E-state index in [1.165, 1.54) is 0 Å². The van der Waals surface area contributed by atoms with Gasteiger partial charge in [0.05, 0.1) is 17.8 Å². The summed E-state index contributed by atoms with van der Waals surface area (Å²) in [6.07, 6.45) is 1.94. The molecule has 0 radical (unpaired) electrons. The molecule has 6 nitrogen and oxygen atoms in total. The molecule has 1 spiro atoms. The van der Waals surface area contributed by atoms with Crippen molar-refractivity contribution in [3.8, 4) is 0 Å². The minimum absolute atomic E-state index is 0.237. The summed E-state index contributed by atoms with van der Waals surface area (Å²) in [5.41, 5.74) is 4.51. The van der Waals surface area contributed by atoms with Crippen LogP contribution in [0.5, 0.6) is 0 Å². The molecule has 2 aromatic rings. The highest BCUT2D eigenvalue weighted by atomic mass is 16.6. The maximum absolute atomic E-state index is 12.5. The number of carbonyl (C=O) groups is 2. The number of likely N-dealkylation sites (tertiary alicyclic amines) is 1. The van der Waals surface area contributed by atoms with Gasteiger partial charge in [0.1, 0.15) is 13.2 Å². The molecule has 0 bridgehead atoms. The van der Waals surface area contributed by atoms with E-state index in [0.717, 1.165) is 28.7 Å². The highest BCUT2D eigenvalue weighted by Crippen LogP contribution is 2.43. The molecule has 0 N–H and O–H groups in total. The number of hydrogen-bond donors (Lipinski definition) is 0. The maximum atomic E-state index is 12.5. The third-order valence-corrected chi connectivity index (χ3v) is 6.18. The second-order valence-electron chi connectivity index (χ2n) is 7.86. The molecular weight excluding hydrogens is 370 g/mol. The van der Waals surface area contributed by atoms with Crippen LogP contribution in [0.15, 0.2) is 42.5 Å². The van der Waals surface area contributed by atoms with Gasteiger partial charge in [0.2, 0.25) is 0 Å². The molecule has 0 saturated carbocycles. The summed E-state index contributed by atoms with van der Waals surface area (Å²) in [6.45, 7) is 2.40. The number of amides is 1. The van der Waals surface area contributed by atoms with Crippen LogP contribution in [0.1, 0.15) is 45.5 Å². The van der Waals surface area contributed by atoms with Gasteiger partial charge in [-0.25, -0.2) is 9.59 Å². The fraction of sp³-hybridized carbons (Fsp3) is 0.391. The molecule has 150 valence electrons. The summed E-state index contributed by atoms with van der Waals surface area (Å²) in [7, 11) is 0. The van der Waals surface area contributed by atoms with E-state index in [4.69, 9.17) is 14.2 Å². The second kappa shape index (κ2) is 7.19. The van der Waals surface area contributed by atoms with Crippen molar-refractivity contribution in [3.63, 3.8) is 0 Å². The van der Waals surface area contributed by atoms with E-state index in [9.17, 15) is 9.59 Å². The number of nitrogens with zero attached hydrogens (tertiary/aromatic N) is 1. The van der Waals surface area contributed by atoms with Crippen molar-refractivity contribution in [1.82, 2.24) is 4.90 Å². The van der Waals surface area contributed by atoms with Gasteiger partial charge in [0.15, 0.2) is 0 Å². The van der Waals surface area contributed by atoms with Crippen molar-refractivity contribution < 1.29 is 23.8 Å². The Hall–Kier alpha value is -2.86. The number of carbonyl (C=O) groups excluding carboxylic acids is 2. The van der Waals surface area contributed by atoms with Crippen LogP contribution in [0.2, 0.25) is 0 Å². The number of fused-ring (bicyclic) bond motifs is 3. The third kappa shape index (κ3) is 3.27. The summed E-state index contributed by atoms with van der Waals surface area (Å²) in [5, 5.41) is 0. The van der Waals surface area contributed by atoms with Gasteiger partial charge in [-0.05, 0) is 48.1 Å². The van der Waals surface area contributed by atoms with Crippen molar-refractivity contribution in [2.24, 2.45) is 0 Å². The highest BCUT2D eigenvalue weighted by molar-refractivity contribution is 5.93. The monoisotopic (exact) mass is 393 g/mol. The van der Waals surface area contributed by atoms with Gasteiger partial charge in [-0.2, -0.15) is 0 Å². The fourth-order valence-corrected chi connectivity index (χ4v) is 4.56. The predicted octanol–water partition coefficient (Wildman–Crippen LogP) is 3.56. The SMILES string of the molecule is O=C1OCc2cc3c(cc21)CCOC31CCN(C(=O)OCc2ccccc2)CC1. The van der Waals surface area contributed by atoms with Crippen LogP contribution < -0.4 is 0 Å². The molecule has 5 rings (SSSR count). The summed E-state index contributed by atoms with van der Waals surface area (Å²) >= 11 is 0. The van der Waals surface area contributed by atoms with E-state index in [-0.39, 0.29) is 18.7 Å². The van der Waals surface area contributed by atoms with E-state index in [0.29, 0.717) is 44.7 Å². The van der Waals surface area contributed by atoms with Gasteiger partial charge in [-0.15, -0.1) is 0 Å². The molecule has 2 aromatic carbocycles. The van der Waals surface area contributed by atoms with Gasteiger partial charge >= 0.3 is 12.1 Å². The lowest BCUT2D eigenvalue weighted by Crippen LogP contribution is -2.48. The predicted molar refractivity (Wildman–Crippen MR) is 104 cm³/mol. The van der Waals surface area contributed by atoms with Gasteiger partial charge < -0.3 is 19.1 Å². The zero-order valence-corrected chi connectivity index (χ0v) is 16.2. The Labute approximate surface area is 169 Å². The standard InChI is InChI=1S/C23H23NO5/c25-21-19-12-17-6-11-29-23(20(17)13-18(19)15-27-21)7-9-24(10-8-23)22(26)28-14-16-4-2-1-3-5-16/h1-5,12-13H,6-11,14-15H2. The van der Waals surface area contributed by atoms with Crippen LogP contribution in [0.25, 0.3) is 0 Å². The number of esters is 1. The first kappa shape index (κ1) is 18.2. The molecule has 3 heterocycles. The molecule has 29 heavy (non-hydrogen) atoms. The van der Waals surface area contributed by atoms with Crippen LogP contribution >= 0.6 is 0 Å². The Kier molecular flexibility index (Phi) is 4.51. The average Bonchev–Trinajstić information content (AvgIpc) is 3.12. The second-order valence-corrected chi connectivity index (χ2v) is 7.86. The smallest absolute Gasteiger partial charge is 0.410 e. The van der Waals surface area contributed by atoms with Crippen molar-refractivity contribution in [2.45, 2.75) is 38.1 Å². The molecule has 0 atom stereocenters. The molecule has 1 amide bonds. The minimum atomic E-state index is -0.398. The quantitative estimate of drug-likeness (QED) is 0.730. The van der Waals surface area contributed by atoms with Crippen LogP contribution in [0.3, 0.4) is 0 Å². The van der Waals surface area contributed by atoms with Gasteiger partial charge in [-0.3, -0.25) is 0 Å². The minimum Gasteiger partial charge on any atom is -0.457 e. The van der Waals surface area contributed by atoms with Crippen molar-refractivity contribution in [1.29, 1.82) is 0 Å². The normalized spacial score (nSPS) is 19.4. The zero-order chi connectivity index (χ0) is 19.8. The van der Waals surface area contributed by atoms with Crippen molar-refractivity contribution in [3.05, 3.63) is 70.3 Å². The maximum Gasteiger partial charge on any atom is 0.410 e. The van der Waals surface area contributed by atoms with Crippen molar-refractivity contribution in [2.75, 3.05) is 19.7 Å². The molecular formula is C23H23NO5. The number of ether oxygens (including phenoxy) is 3. The van der Waals surface area contributed by atoms with Crippen LogP contribution in [0.4, 0.5) is 4.79 Å². The van der Waals surface area contributed by atoms with E-state index in [1.807, 2.05) is 36.4 Å². The molecule has 1 fully saturated rings. The molecule has 3 aliphatic heterocycles. The van der Waals surface area contributed by atoms with E-state index < -0.39 is 5.60 Å². The van der Waals surface area contributed by atoms with E-state index in [2.05, 4.69) is 6.07 Å². The topological polar surface area (TPSA) is 65.1 Å². The molecule has 0 aromatic heterocycles. The number of hydrogen-bond acceptors (Lipinski definition) is 5. The third-order valence-electron chi connectivity index (χ3n) is 6.18. The average molecular weight is 393 g/mol. The zero-order valence-electron chi connectivity index (χ0n) is 16.2. The number of rotatable bonds is 2. The number of piperidine rings is 1. The Morgan fingerprint density at radius 3 is 2.69 bits per heavy atom. The molecule has 6 heteroatoms. The van der Waals surface area contributed by atoms with Crippen molar-refractivity contribution >= 4 is 12.1 Å². The lowest BCUT2D eigenvalue weighted by atomic mass is 9.78. The summed E-state index contributed by atoms with van der Waals surface area (Å²) in [6, 6.07) is 13.7. The molecule has 0 aliphatic carbocycles. The Bertz CT molecular complexity index is 947. The van der Waals surface area contributed by atoms with E-state index in [1.54, 1.807) is 4.90 Å². The van der Waals surface area contributed by atoms with E-state index >= 15 is 0 Å². The van der Waals surface area contributed by atoms with Crippen LogP contribution in [0, 0.1) is 0 Å². The Morgan fingerprint density at radius 2 is 1.90 bits per heavy atom. The molecule has 1 saturated heterocycles. The fourth-order valence-electron chi connectivity index (χ4n) is 4.56. The summed E-state index contributed by atoms with van der Waals surface area (Å²) < 4.78 is 16.9.